The molecule has 0 fully saturated rings. The molecule has 0 saturated carbocycles. The summed E-state index contributed by atoms with van der Waals surface area (Å²) < 4.78 is 216. The van der Waals surface area contributed by atoms with Crippen molar-refractivity contribution in [1.82, 2.24) is 4.90 Å². The van der Waals surface area contributed by atoms with Crippen LogP contribution in [0.5, 0.6) is 0 Å². The highest BCUT2D eigenvalue weighted by molar-refractivity contribution is 6.34. The van der Waals surface area contributed by atoms with Gasteiger partial charge < -0.3 is 0 Å². The van der Waals surface area contributed by atoms with Crippen LogP contribution in [0.2, 0.25) is 0 Å². The van der Waals surface area contributed by atoms with Crippen molar-refractivity contribution in [3.63, 3.8) is 0 Å². The van der Waals surface area contributed by atoms with Crippen LogP contribution in [0.1, 0.15) is 110 Å². The van der Waals surface area contributed by atoms with Gasteiger partial charge in [-0.2, -0.15) is 65.9 Å². The van der Waals surface area contributed by atoms with Crippen LogP contribution in [-0.4, -0.2) is 41.8 Å². The van der Waals surface area contributed by atoms with E-state index in [1.807, 2.05) is 0 Å². The lowest BCUT2D eigenvalue weighted by molar-refractivity contribution is -0.173. The van der Waals surface area contributed by atoms with E-state index in [1.165, 1.54) is 24.3 Å². The number of benzene rings is 7. The Kier molecular flexibility index (Phi) is 12.7. The molecule has 77 heavy (non-hydrogen) atoms. The van der Waals surface area contributed by atoms with Gasteiger partial charge in [0.15, 0.2) is 0 Å². The van der Waals surface area contributed by atoms with Crippen molar-refractivity contribution in [1.29, 1.82) is 0 Å². The molecular weight excluding hydrogens is 1050 g/mol. The number of fused-ring (bicyclic) bond motifs is 2. The third kappa shape index (κ3) is 9.60. The quantitative estimate of drug-likeness (QED) is 0.0863. The molecule has 2 atom stereocenters. The minimum absolute atomic E-state index is 0.0848. The average Bonchev–Trinajstić information content (AvgIpc) is 3.74. The standard InChI is InChI=1S/C56H33F15N2O4/c1-27-4-6-28(7-5-27)46(34-17-30(32-19-37(52(57,58)59)23-38(20-32)53(60,61)62)16-31(18-34)33-21-39(54(63,64)65)24-40(22-33)55(66,67)68)29-8-12-41(13-9-29)73-49(76)43-15-11-36(26-45(43)50(73)77)51(2,56(69,70)71)35-10-14-42-44(25-35)48(75)72(3)47(42)74/h4-26,46H,1-3H3. The Morgan fingerprint density at radius 2 is 0.714 bits per heavy atom. The maximum atomic E-state index is 15.3. The van der Waals surface area contributed by atoms with E-state index in [1.54, 1.807) is 31.2 Å². The number of hydrogen-bond acceptors (Lipinski definition) is 4. The maximum Gasteiger partial charge on any atom is 0.416 e. The van der Waals surface area contributed by atoms with Gasteiger partial charge in [0.2, 0.25) is 0 Å². The first-order valence-corrected chi connectivity index (χ1v) is 22.6. The van der Waals surface area contributed by atoms with Gasteiger partial charge in [-0.05, 0) is 143 Å². The minimum atomic E-state index is -5.37. The number of halogens is 15. The smallest absolute Gasteiger partial charge is 0.277 e. The summed E-state index contributed by atoms with van der Waals surface area (Å²) in [4.78, 5) is 54.8. The van der Waals surface area contributed by atoms with Crippen molar-refractivity contribution in [2.75, 3.05) is 11.9 Å². The Morgan fingerprint density at radius 3 is 1.12 bits per heavy atom. The molecule has 2 heterocycles. The Morgan fingerprint density at radius 1 is 0.364 bits per heavy atom. The molecule has 2 unspecified atom stereocenters. The van der Waals surface area contributed by atoms with Crippen molar-refractivity contribution in [2.45, 2.75) is 56.1 Å². The second-order valence-corrected chi connectivity index (χ2v) is 18.6. The second kappa shape index (κ2) is 18.2. The summed E-state index contributed by atoms with van der Waals surface area (Å²) in [5, 5.41) is 0. The molecule has 0 saturated heterocycles. The fourth-order valence-corrected chi connectivity index (χ4v) is 9.50. The zero-order chi connectivity index (χ0) is 56.3. The average molecular weight is 1080 g/mol. The van der Waals surface area contributed by atoms with Crippen molar-refractivity contribution >= 4 is 29.3 Å². The topological polar surface area (TPSA) is 74.8 Å². The van der Waals surface area contributed by atoms with Gasteiger partial charge in [0.1, 0.15) is 5.41 Å². The molecule has 2 aliphatic rings. The number of imide groups is 2. The largest absolute Gasteiger partial charge is 0.416 e. The highest BCUT2D eigenvalue weighted by Gasteiger charge is 2.55. The second-order valence-electron chi connectivity index (χ2n) is 18.6. The summed E-state index contributed by atoms with van der Waals surface area (Å²) in [6.07, 6.45) is -26.6. The lowest BCUT2D eigenvalue weighted by Gasteiger charge is -2.33. The van der Waals surface area contributed by atoms with E-state index in [4.69, 9.17) is 0 Å². The molecule has 0 aliphatic carbocycles. The van der Waals surface area contributed by atoms with Gasteiger partial charge in [0.25, 0.3) is 23.6 Å². The molecule has 21 heteroatoms. The number of amides is 4. The third-order valence-electron chi connectivity index (χ3n) is 13.7. The molecule has 7 aromatic carbocycles. The minimum Gasteiger partial charge on any atom is -0.277 e. The first-order chi connectivity index (χ1) is 35.7. The molecule has 0 N–H and O–H groups in total. The van der Waals surface area contributed by atoms with Crippen LogP contribution in [0.4, 0.5) is 71.5 Å². The molecular formula is C56H33F15N2O4. The van der Waals surface area contributed by atoms with Crippen LogP contribution in [0.3, 0.4) is 0 Å². The summed E-state index contributed by atoms with van der Waals surface area (Å²) in [6.45, 7) is 2.48. The number of alkyl halides is 15. The Bertz CT molecular complexity index is 3440. The third-order valence-corrected chi connectivity index (χ3v) is 13.7. The number of rotatable bonds is 8. The van der Waals surface area contributed by atoms with Crippen LogP contribution in [0, 0.1) is 6.92 Å². The Labute approximate surface area is 426 Å². The summed E-state index contributed by atoms with van der Waals surface area (Å²) in [5.74, 6) is -4.83. The van der Waals surface area contributed by atoms with Gasteiger partial charge in [0.05, 0.1) is 50.2 Å². The summed E-state index contributed by atoms with van der Waals surface area (Å²) >= 11 is 0. The lowest BCUT2D eigenvalue weighted by Crippen LogP contribution is -2.41. The Balaban J connectivity index is 1.17. The van der Waals surface area contributed by atoms with Gasteiger partial charge in [-0.15, -0.1) is 0 Å². The van der Waals surface area contributed by atoms with Crippen LogP contribution in [0.15, 0.2) is 140 Å². The van der Waals surface area contributed by atoms with Crippen molar-refractivity contribution in [2.24, 2.45) is 0 Å². The number of carbonyl (C=O) groups is 4. The molecule has 0 radical (unpaired) electrons. The molecule has 7 aromatic rings. The zero-order valence-corrected chi connectivity index (χ0v) is 39.6. The molecule has 6 nitrogen and oxygen atoms in total. The highest BCUT2D eigenvalue weighted by Crippen LogP contribution is 2.49. The van der Waals surface area contributed by atoms with Crippen molar-refractivity contribution < 1.29 is 85.0 Å². The number of nitrogens with zero attached hydrogens (tertiary/aromatic N) is 2. The first-order valence-electron chi connectivity index (χ1n) is 22.6. The van der Waals surface area contributed by atoms with E-state index in [0.29, 0.717) is 40.3 Å². The monoisotopic (exact) mass is 1080 g/mol. The number of hydrogen-bond donors (Lipinski definition) is 0. The Hall–Kier alpha value is -8.23. The van der Waals surface area contributed by atoms with Crippen LogP contribution < -0.4 is 4.90 Å². The molecule has 2 aliphatic heterocycles. The zero-order valence-electron chi connectivity index (χ0n) is 39.6. The molecule has 396 valence electrons. The predicted molar refractivity (Wildman–Crippen MR) is 249 cm³/mol. The van der Waals surface area contributed by atoms with Gasteiger partial charge in [-0.3, -0.25) is 24.1 Å². The fourth-order valence-electron chi connectivity index (χ4n) is 9.50. The SMILES string of the molecule is Cc1ccc(C(c2ccc(N3C(=O)c4ccc(C(C)(c5ccc6c(c5)C(=O)N(C)C6=O)C(F)(F)F)cc4C3=O)cc2)c2cc(-c3cc(C(F)(F)F)cc(C(F)(F)F)c3)cc(-c3cc(C(F)(F)F)cc(C(F)(F)F)c3)c2)cc1. The lowest BCUT2D eigenvalue weighted by atomic mass is 9.74. The molecule has 0 bridgehead atoms. The van der Waals surface area contributed by atoms with E-state index in [0.717, 1.165) is 73.5 Å². The van der Waals surface area contributed by atoms with E-state index < -0.39 is 127 Å². The van der Waals surface area contributed by atoms with Gasteiger partial charge >= 0.3 is 30.9 Å². The van der Waals surface area contributed by atoms with Crippen LogP contribution in [-0.2, 0) is 30.1 Å². The molecule has 0 aromatic heterocycles. The first kappa shape index (κ1) is 53.6. The van der Waals surface area contributed by atoms with Gasteiger partial charge in [0, 0.05) is 13.0 Å². The van der Waals surface area contributed by atoms with Gasteiger partial charge in [-0.1, -0.05) is 66.2 Å². The number of anilines is 1. The van der Waals surface area contributed by atoms with Crippen LogP contribution >= 0.6 is 0 Å². The number of aryl methyl sites for hydroxylation is 1. The summed E-state index contributed by atoms with van der Waals surface area (Å²) in [6, 6.07) is 21.5. The van der Waals surface area contributed by atoms with Gasteiger partial charge in [-0.25, -0.2) is 4.90 Å². The highest BCUT2D eigenvalue weighted by atomic mass is 19.4. The van der Waals surface area contributed by atoms with E-state index in [9.17, 15) is 71.9 Å². The van der Waals surface area contributed by atoms with E-state index >= 15 is 13.2 Å². The van der Waals surface area contributed by atoms with Crippen LogP contribution in [0.25, 0.3) is 22.3 Å². The van der Waals surface area contributed by atoms with E-state index in [-0.39, 0.29) is 45.6 Å². The predicted octanol–water partition coefficient (Wildman–Crippen LogP) is 15.5. The maximum absolute atomic E-state index is 15.3. The molecule has 9 rings (SSSR count). The fraction of sp³-hybridized carbons (Fsp3) is 0.179. The summed E-state index contributed by atoms with van der Waals surface area (Å²) in [7, 11) is 1.16. The number of carbonyl (C=O) groups excluding carboxylic acids is 4. The summed E-state index contributed by atoms with van der Waals surface area (Å²) in [5.41, 5.74) is -13.8. The molecule has 0 spiro atoms. The van der Waals surface area contributed by atoms with E-state index in [2.05, 4.69) is 0 Å². The van der Waals surface area contributed by atoms with Crippen molar-refractivity contribution in [3.05, 3.63) is 217 Å². The van der Waals surface area contributed by atoms with Crippen molar-refractivity contribution in [3.8, 4) is 22.3 Å². The normalized spacial score (nSPS) is 15.5. The molecule has 4 amide bonds.